The van der Waals surface area contributed by atoms with E-state index < -0.39 is 6.10 Å². The number of aliphatic hydroxyl groups is 1. The van der Waals surface area contributed by atoms with Crippen LogP contribution < -0.4 is 0 Å². The Morgan fingerprint density at radius 2 is 2.17 bits per heavy atom. The summed E-state index contributed by atoms with van der Waals surface area (Å²) in [6, 6.07) is 0. The maximum atomic E-state index is 9.62. The average Bonchev–Trinajstić information content (AvgIpc) is 2.45. The van der Waals surface area contributed by atoms with Gasteiger partial charge in [0.2, 0.25) is 0 Å². The number of aliphatic hydroxyl groups excluding tert-OH is 1. The third-order valence-electron chi connectivity index (χ3n) is 2.31. The summed E-state index contributed by atoms with van der Waals surface area (Å²) in [5, 5.41) is 9.62. The quantitative estimate of drug-likeness (QED) is 0.646. The van der Waals surface area contributed by atoms with Gasteiger partial charge in [0.15, 0.2) is 0 Å². The van der Waals surface area contributed by atoms with Gasteiger partial charge in [-0.2, -0.15) is 0 Å². The van der Waals surface area contributed by atoms with Gasteiger partial charge in [-0.1, -0.05) is 0 Å². The van der Waals surface area contributed by atoms with Crippen LogP contribution in [0.1, 0.15) is 6.92 Å². The maximum Gasteiger partial charge on any atom is 0.112 e. The lowest BCUT2D eigenvalue weighted by molar-refractivity contribution is -0.0617. The molecule has 0 aromatic rings. The van der Waals surface area contributed by atoms with Gasteiger partial charge in [-0.05, 0) is 6.92 Å². The van der Waals surface area contributed by atoms with Crippen LogP contribution in [0.5, 0.6) is 0 Å². The van der Waals surface area contributed by atoms with Gasteiger partial charge in [-0.3, -0.25) is 0 Å². The van der Waals surface area contributed by atoms with Gasteiger partial charge in [-0.25, -0.2) is 0 Å². The topological polar surface area (TPSA) is 47.9 Å². The Balaban J connectivity index is 2.48. The first-order valence-corrected chi connectivity index (χ1v) is 4.06. The lowest BCUT2D eigenvalue weighted by Crippen LogP contribution is -2.38. The summed E-state index contributed by atoms with van der Waals surface area (Å²) in [4.78, 5) is 0. The van der Waals surface area contributed by atoms with Crippen molar-refractivity contribution in [2.45, 2.75) is 31.3 Å². The first kappa shape index (κ1) is 9.92. The molecule has 4 unspecified atom stereocenters. The fraction of sp³-hybridized carbons (Fsp3) is 1.00. The molecule has 0 aromatic heterocycles. The van der Waals surface area contributed by atoms with Crippen molar-refractivity contribution in [1.29, 1.82) is 0 Å². The molecular weight excluding hydrogens is 160 g/mol. The highest BCUT2D eigenvalue weighted by molar-refractivity contribution is 4.87. The molecule has 72 valence electrons. The molecule has 0 amide bonds. The van der Waals surface area contributed by atoms with Crippen LogP contribution in [0.25, 0.3) is 0 Å². The van der Waals surface area contributed by atoms with Crippen LogP contribution in [0.3, 0.4) is 0 Å². The van der Waals surface area contributed by atoms with E-state index in [9.17, 15) is 5.11 Å². The Kier molecular flexibility index (Phi) is 3.46. The molecule has 0 aliphatic carbocycles. The average molecular weight is 176 g/mol. The summed E-state index contributed by atoms with van der Waals surface area (Å²) in [5.41, 5.74) is 0. The van der Waals surface area contributed by atoms with E-state index in [0.717, 1.165) is 0 Å². The molecule has 1 aliphatic rings. The van der Waals surface area contributed by atoms with Crippen molar-refractivity contribution in [3.8, 4) is 0 Å². The first-order valence-electron chi connectivity index (χ1n) is 4.06. The second-order valence-corrected chi connectivity index (χ2v) is 3.00. The highest BCUT2D eigenvalue weighted by atomic mass is 16.6. The molecule has 0 aromatic carbocycles. The lowest BCUT2D eigenvalue weighted by atomic mass is 10.1. The van der Waals surface area contributed by atoms with Crippen molar-refractivity contribution in [1.82, 2.24) is 0 Å². The smallest absolute Gasteiger partial charge is 0.112 e. The Morgan fingerprint density at radius 3 is 2.58 bits per heavy atom. The molecule has 0 radical (unpaired) electrons. The zero-order valence-corrected chi connectivity index (χ0v) is 7.69. The van der Waals surface area contributed by atoms with Crippen LogP contribution in [0.2, 0.25) is 0 Å². The summed E-state index contributed by atoms with van der Waals surface area (Å²) in [5.74, 6) is 0. The molecule has 1 saturated heterocycles. The first-order chi connectivity index (χ1) is 5.70. The van der Waals surface area contributed by atoms with Gasteiger partial charge in [0.05, 0.1) is 12.7 Å². The van der Waals surface area contributed by atoms with E-state index in [4.69, 9.17) is 14.2 Å². The summed E-state index contributed by atoms with van der Waals surface area (Å²) >= 11 is 0. The maximum absolute atomic E-state index is 9.62. The molecular formula is C8H16O4. The molecule has 1 aliphatic heterocycles. The highest BCUT2D eigenvalue weighted by Crippen LogP contribution is 2.20. The van der Waals surface area contributed by atoms with E-state index >= 15 is 0 Å². The minimum Gasteiger partial charge on any atom is -0.387 e. The summed E-state index contributed by atoms with van der Waals surface area (Å²) in [6.45, 7) is 2.31. The van der Waals surface area contributed by atoms with Crippen LogP contribution in [0.15, 0.2) is 0 Å². The Morgan fingerprint density at radius 1 is 1.50 bits per heavy atom. The number of hydrogen-bond acceptors (Lipinski definition) is 4. The predicted octanol–water partition coefficient (Wildman–Crippen LogP) is -0.204. The van der Waals surface area contributed by atoms with E-state index in [2.05, 4.69) is 0 Å². The van der Waals surface area contributed by atoms with Crippen LogP contribution in [0, 0.1) is 0 Å². The van der Waals surface area contributed by atoms with E-state index in [1.807, 2.05) is 6.92 Å². The fourth-order valence-corrected chi connectivity index (χ4v) is 1.37. The van der Waals surface area contributed by atoms with E-state index in [1.165, 1.54) is 0 Å². The largest absolute Gasteiger partial charge is 0.387 e. The van der Waals surface area contributed by atoms with Gasteiger partial charge in [0, 0.05) is 14.2 Å². The van der Waals surface area contributed by atoms with Crippen molar-refractivity contribution < 1.29 is 19.3 Å². The third-order valence-corrected chi connectivity index (χ3v) is 2.31. The second-order valence-electron chi connectivity index (χ2n) is 3.00. The molecule has 1 N–H and O–H groups in total. The monoisotopic (exact) mass is 176 g/mol. The molecule has 0 saturated carbocycles. The van der Waals surface area contributed by atoms with E-state index in [-0.39, 0.29) is 18.3 Å². The molecule has 0 bridgehead atoms. The number of rotatable bonds is 3. The van der Waals surface area contributed by atoms with E-state index in [1.54, 1.807) is 14.2 Å². The van der Waals surface area contributed by atoms with Gasteiger partial charge >= 0.3 is 0 Å². The highest BCUT2D eigenvalue weighted by Gasteiger charge is 2.39. The van der Waals surface area contributed by atoms with Gasteiger partial charge in [0.1, 0.15) is 18.3 Å². The normalized spacial score (nSPS) is 38.5. The zero-order chi connectivity index (χ0) is 9.14. The van der Waals surface area contributed by atoms with Crippen molar-refractivity contribution >= 4 is 0 Å². The Hall–Kier alpha value is -0.160. The zero-order valence-electron chi connectivity index (χ0n) is 7.69. The summed E-state index contributed by atoms with van der Waals surface area (Å²) < 4.78 is 15.4. The van der Waals surface area contributed by atoms with Crippen LogP contribution in [0.4, 0.5) is 0 Å². The van der Waals surface area contributed by atoms with Crippen LogP contribution in [-0.2, 0) is 14.2 Å². The molecule has 4 nitrogen and oxygen atoms in total. The van der Waals surface area contributed by atoms with Crippen LogP contribution >= 0.6 is 0 Å². The Labute approximate surface area is 72.4 Å². The molecule has 1 fully saturated rings. The lowest BCUT2D eigenvalue weighted by Gasteiger charge is -2.21. The second kappa shape index (κ2) is 4.18. The van der Waals surface area contributed by atoms with Gasteiger partial charge in [0.25, 0.3) is 0 Å². The molecule has 12 heavy (non-hydrogen) atoms. The minimum atomic E-state index is -0.579. The summed E-state index contributed by atoms with van der Waals surface area (Å²) in [6.07, 6.45) is -1.15. The molecule has 4 atom stereocenters. The SMILES string of the molecule is COC(C)C1OCC(OC)C1O. The molecule has 4 heteroatoms. The number of ether oxygens (including phenoxy) is 3. The fourth-order valence-electron chi connectivity index (χ4n) is 1.37. The number of hydrogen-bond donors (Lipinski definition) is 1. The van der Waals surface area contributed by atoms with Gasteiger partial charge in [-0.15, -0.1) is 0 Å². The predicted molar refractivity (Wildman–Crippen MR) is 43.0 cm³/mol. The van der Waals surface area contributed by atoms with Crippen molar-refractivity contribution in [3.05, 3.63) is 0 Å². The molecule has 0 spiro atoms. The van der Waals surface area contributed by atoms with Crippen LogP contribution in [-0.4, -0.2) is 50.3 Å². The molecule has 1 rings (SSSR count). The van der Waals surface area contributed by atoms with Crippen molar-refractivity contribution in [3.63, 3.8) is 0 Å². The standard InChI is InChI=1S/C8H16O4/c1-5(10-2)8-7(9)6(11-3)4-12-8/h5-9H,4H2,1-3H3. The minimum absolute atomic E-state index is 0.0971. The summed E-state index contributed by atoms with van der Waals surface area (Å²) in [7, 11) is 3.16. The van der Waals surface area contributed by atoms with Crippen molar-refractivity contribution in [2.75, 3.05) is 20.8 Å². The Bertz CT molecular complexity index is 139. The number of methoxy groups -OCH3 is 2. The van der Waals surface area contributed by atoms with E-state index in [0.29, 0.717) is 6.61 Å². The molecule has 1 heterocycles. The third kappa shape index (κ3) is 1.77. The van der Waals surface area contributed by atoms with Gasteiger partial charge < -0.3 is 19.3 Å². The van der Waals surface area contributed by atoms with Crippen molar-refractivity contribution in [2.24, 2.45) is 0 Å².